The van der Waals surface area contributed by atoms with Gasteiger partial charge in [0.05, 0.1) is 39.9 Å². The SMILES string of the molecule is C=CCN(Cc1ccccc1)C(=O)[C@H]1[C@H]2C(=O)N([C@@H](CC)CO)C(C(=O)N(CC=C)c3c(C)cccc3Cl)C23CC[C@]1(C)S3. The zero-order valence-electron chi connectivity index (χ0n) is 25.7. The minimum Gasteiger partial charge on any atom is -0.394 e. The summed E-state index contributed by atoms with van der Waals surface area (Å²) >= 11 is 8.31. The van der Waals surface area contributed by atoms with Crippen molar-refractivity contribution in [2.45, 2.75) is 68.2 Å². The lowest BCUT2D eigenvalue weighted by atomic mass is 9.66. The van der Waals surface area contributed by atoms with Gasteiger partial charge in [-0.05, 0) is 50.3 Å². The molecule has 3 aliphatic rings. The lowest BCUT2D eigenvalue weighted by molar-refractivity contribution is -0.146. The molecule has 3 fully saturated rings. The van der Waals surface area contributed by atoms with Crippen LogP contribution in [0.25, 0.3) is 0 Å². The number of nitrogens with zero attached hydrogens (tertiary/aromatic N) is 3. The molecule has 2 aromatic carbocycles. The molecule has 3 aliphatic heterocycles. The van der Waals surface area contributed by atoms with Gasteiger partial charge < -0.3 is 19.8 Å². The number of para-hydroxylation sites is 1. The molecule has 2 bridgehead atoms. The maximum Gasteiger partial charge on any atom is 0.251 e. The first-order chi connectivity index (χ1) is 21.1. The number of carbonyl (C=O) groups excluding carboxylic acids is 3. The number of aryl methyl sites for hydroxylation is 1. The highest BCUT2D eigenvalue weighted by atomic mass is 35.5. The Bertz CT molecular complexity index is 1430. The third-order valence-corrected chi connectivity index (χ3v) is 12.0. The molecule has 1 N–H and O–H groups in total. The summed E-state index contributed by atoms with van der Waals surface area (Å²) in [5.74, 6) is -1.91. The molecular formula is C35H42ClN3O4S. The molecule has 3 saturated heterocycles. The third-order valence-electron chi connectivity index (χ3n) is 9.70. The van der Waals surface area contributed by atoms with Crippen LogP contribution in [0.4, 0.5) is 5.69 Å². The van der Waals surface area contributed by atoms with Gasteiger partial charge in [-0.2, -0.15) is 0 Å². The van der Waals surface area contributed by atoms with Crippen LogP contribution in [0.3, 0.4) is 0 Å². The average Bonchev–Trinajstić information content (AvgIpc) is 3.58. The fourth-order valence-electron chi connectivity index (χ4n) is 7.75. The molecule has 0 aromatic heterocycles. The number of aliphatic hydroxyl groups is 1. The van der Waals surface area contributed by atoms with Crippen LogP contribution < -0.4 is 4.90 Å². The molecule has 2 unspecified atom stereocenters. The molecule has 5 rings (SSSR count). The molecule has 7 nitrogen and oxygen atoms in total. The Morgan fingerprint density at radius 3 is 2.43 bits per heavy atom. The van der Waals surface area contributed by atoms with Crippen molar-refractivity contribution in [2.24, 2.45) is 11.8 Å². The summed E-state index contributed by atoms with van der Waals surface area (Å²) in [6.07, 6.45) is 5.16. The summed E-state index contributed by atoms with van der Waals surface area (Å²) in [5, 5.41) is 10.9. The highest BCUT2D eigenvalue weighted by molar-refractivity contribution is 8.02. The number of hydrogen-bond acceptors (Lipinski definition) is 5. The van der Waals surface area contributed by atoms with Crippen molar-refractivity contribution in [3.8, 4) is 0 Å². The number of thioether (sulfide) groups is 1. The molecule has 44 heavy (non-hydrogen) atoms. The summed E-state index contributed by atoms with van der Waals surface area (Å²) in [6.45, 7) is 14.3. The molecule has 234 valence electrons. The van der Waals surface area contributed by atoms with E-state index < -0.39 is 33.4 Å². The summed E-state index contributed by atoms with van der Waals surface area (Å²) in [5.41, 5.74) is 2.41. The summed E-state index contributed by atoms with van der Waals surface area (Å²) in [6, 6.07) is 13.8. The Morgan fingerprint density at radius 1 is 1.11 bits per heavy atom. The van der Waals surface area contributed by atoms with Gasteiger partial charge in [0.2, 0.25) is 11.8 Å². The smallest absolute Gasteiger partial charge is 0.251 e. The third kappa shape index (κ3) is 5.19. The molecule has 3 amide bonds. The van der Waals surface area contributed by atoms with E-state index in [9.17, 15) is 19.5 Å². The highest BCUT2D eigenvalue weighted by Crippen LogP contribution is 2.72. The standard InChI is InChI=1S/C35H42ClN3O4S/c1-6-19-37(21-24-14-10-9-11-15-24)31(41)27-28-32(42)39(25(8-3)22-40)30(35(28)18-17-34(27,5)44-35)33(43)38(20-7-2)29-23(4)13-12-16-26(29)36/h6-7,9-16,25,27-28,30,40H,1-2,8,17-22H2,3-5H3/t25-,27+,28-,30?,34-,35?/m0/s1. The van der Waals surface area contributed by atoms with Gasteiger partial charge in [0.15, 0.2) is 0 Å². The zero-order chi connectivity index (χ0) is 31.8. The summed E-state index contributed by atoms with van der Waals surface area (Å²) in [4.78, 5) is 49.2. The number of benzene rings is 2. The maximum atomic E-state index is 14.9. The van der Waals surface area contributed by atoms with Crippen LogP contribution in [0.2, 0.25) is 5.02 Å². The monoisotopic (exact) mass is 635 g/mol. The number of aliphatic hydroxyl groups excluding tert-OH is 1. The second kappa shape index (κ2) is 12.7. The van der Waals surface area contributed by atoms with E-state index in [2.05, 4.69) is 20.1 Å². The largest absolute Gasteiger partial charge is 0.394 e. The van der Waals surface area contributed by atoms with Gasteiger partial charge in [0.1, 0.15) is 6.04 Å². The molecule has 0 aliphatic carbocycles. The quantitative estimate of drug-likeness (QED) is 0.306. The normalized spacial score (nSPS) is 27.6. The van der Waals surface area contributed by atoms with Crippen molar-refractivity contribution in [3.05, 3.63) is 90.0 Å². The van der Waals surface area contributed by atoms with E-state index >= 15 is 0 Å². The molecule has 2 aromatic rings. The van der Waals surface area contributed by atoms with E-state index in [1.54, 1.807) is 44.7 Å². The number of carbonyl (C=O) groups is 3. The van der Waals surface area contributed by atoms with Gasteiger partial charge >= 0.3 is 0 Å². The van der Waals surface area contributed by atoms with Crippen molar-refractivity contribution in [1.29, 1.82) is 0 Å². The Morgan fingerprint density at radius 2 is 1.82 bits per heavy atom. The number of fused-ring (bicyclic) bond motifs is 1. The molecular weight excluding hydrogens is 594 g/mol. The number of anilines is 1. The van der Waals surface area contributed by atoms with Crippen LogP contribution in [-0.4, -0.2) is 73.9 Å². The van der Waals surface area contributed by atoms with Gasteiger partial charge in [-0.25, -0.2) is 0 Å². The van der Waals surface area contributed by atoms with Crippen LogP contribution >= 0.6 is 23.4 Å². The van der Waals surface area contributed by atoms with Crippen molar-refractivity contribution in [1.82, 2.24) is 9.80 Å². The van der Waals surface area contributed by atoms with E-state index in [0.29, 0.717) is 43.1 Å². The van der Waals surface area contributed by atoms with E-state index in [0.717, 1.165) is 11.1 Å². The van der Waals surface area contributed by atoms with Gasteiger partial charge in [-0.15, -0.1) is 24.9 Å². The Hall–Kier alpha value is -3.07. The number of amides is 3. The molecule has 3 heterocycles. The Labute approximate surface area is 269 Å². The maximum absolute atomic E-state index is 14.9. The first kappa shape index (κ1) is 32.3. The second-order valence-electron chi connectivity index (χ2n) is 12.4. The predicted molar refractivity (Wildman–Crippen MR) is 178 cm³/mol. The van der Waals surface area contributed by atoms with Crippen molar-refractivity contribution in [3.63, 3.8) is 0 Å². The lowest BCUT2D eigenvalue weighted by Crippen LogP contribution is -2.57. The van der Waals surface area contributed by atoms with Crippen LogP contribution in [0.15, 0.2) is 73.8 Å². The fourth-order valence-corrected chi connectivity index (χ4v) is 10.4. The van der Waals surface area contributed by atoms with Crippen molar-refractivity contribution >= 4 is 46.8 Å². The molecule has 9 heteroatoms. The average molecular weight is 636 g/mol. The number of likely N-dealkylation sites (tertiary alicyclic amines) is 1. The number of rotatable bonds is 12. The van der Waals surface area contributed by atoms with E-state index in [4.69, 9.17) is 11.6 Å². The topological polar surface area (TPSA) is 81.2 Å². The number of hydrogen-bond donors (Lipinski definition) is 1. The zero-order valence-corrected chi connectivity index (χ0v) is 27.3. The minimum atomic E-state index is -0.876. The van der Waals surface area contributed by atoms with Crippen LogP contribution in [0.5, 0.6) is 0 Å². The Kier molecular flexibility index (Phi) is 9.36. The van der Waals surface area contributed by atoms with E-state index in [-0.39, 0.29) is 30.9 Å². The van der Waals surface area contributed by atoms with Gasteiger partial charge in [-0.3, -0.25) is 14.4 Å². The second-order valence-corrected chi connectivity index (χ2v) is 14.7. The number of halogens is 1. The first-order valence-corrected chi connectivity index (χ1v) is 16.5. The van der Waals surface area contributed by atoms with Gasteiger partial charge in [0.25, 0.3) is 5.91 Å². The van der Waals surface area contributed by atoms with Crippen molar-refractivity contribution < 1.29 is 19.5 Å². The first-order valence-electron chi connectivity index (χ1n) is 15.3. The summed E-state index contributed by atoms with van der Waals surface area (Å²) < 4.78 is -1.35. The molecule has 1 spiro atoms. The van der Waals surface area contributed by atoms with E-state index in [1.165, 1.54) is 0 Å². The highest BCUT2D eigenvalue weighted by Gasteiger charge is 2.78. The predicted octanol–water partition coefficient (Wildman–Crippen LogP) is 5.63. The molecule has 0 radical (unpaired) electrons. The van der Waals surface area contributed by atoms with Gasteiger partial charge in [0, 0.05) is 24.4 Å². The summed E-state index contributed by atoms with van der Waals surface area (Å²) in [7, 11) is 0. The minimum absolute atomic E-state index is 0.0985. The molecule has 6 atom stereocenters. The molecule has 0 saturated carbocycles. The van der Waals surface area contributed by atoms with Crippen LogP contribution in [0, 0.1) is 18.8 Å². The van der Waals surface area contributed by atoms with Crippen LogP contribution in [0.1, 0.15) is 44.2 Å². The fraction of sp³-hybridized carbons (Fsp3) is 0.457. The Balaban J connectivity index is 1.61. The van der Waals surface area contributed by atoms with Gasteiger partial charge in [-0.1, -0.05) is 73.1 Å². The lowest BCUT2D eigenvalue weighted by Gasteiger charge is -2.40. The van der Waals surface area contributed by atoms with E-state index in [1.807, 2.05) is 56.3 Å². The van der Waals surface area contributed by atoms with Crippen molar-refractivity contribution in [2.75, 3.05) is 24.6 Å². The van der Waals surface area contributed by atoms with Crippen LogP contribution in [-0.2, 0) is 20.9 Å².